The largest absolute Gasteiger partial charge is 0.480 e. The highest BCUT2D eigenvalue weighted by molar-refractivity contribution is 7.10. The van der Waals surface area contributed by atoms with Gasteiger partial charge in [0.15, 0.2) is 0 Å². The summed E-state index contributed by atoms with van der Waals surface area (Å²) in [7, 11) is 0. The topological polar surface area (TPSA) is 78.4 Å². The lowest BCUT2D eigenvalue weighted by molar-refractivity contribution is -0.138. The number of carboxylic acid groups (broad SMARTS) is 1. The third-order valence-electron chi connectivity index (χ3n) is 3.08. The summed E-state index contributed by atoms with van der Waals surface area (Å²) in [5.41, 5.74) is 1.17. The third kappa shape index (κ3) is 2.81. The summed E-state index contributed by atoms with van der Waals surface area (Å²) in [6, 6.07) is 0.732. The molecule has 0 saturated carbocycles. The maximum atomic E-state index is 11.7. The van der Waals surface area contributed by atoms with Crippen LogP contribution in [0.5, 0.6) is 0 Å². The Hall–Kier alpha value is -1.56. The average molecular weight is 268 g/mol. The molecule has 0 bridgehead atoms. The van der Waals surface area contributed by atoms with Crippen LogP contribution in [-0.2, 0) is 11.2 Å². The third-order valence-corrected chi connectivity index (χ3v) is 4.07. The normalized spacial score (nSPS) is 19.7. The Balaban J connectivity index is 1.95. The smallest absolute Gasteiger partial charge is 0.325 e. The first-order valence-corrected chi connectivity index (χ1v) is 6.82. The minimum absolute atomic E-state index is 0.000921. The van der Waals surface area contributed by atoms with Gasteiger partial charge in [0.05, 0.1) is 6.04 Å². The molecule has 0 fully saturated rings. The van der Waals surface area contributed by atoms with E-state index in [0.717, 1.165) is 19.3 Å². The number of hydrogen-bond donors (Lipinski definition) is 3. The molecule has 2 atom stereocenters. The van der Waals surface area contributed by atoms with Crippen LogP contribution in [0.15, 0.2) is 11.4 Å². The summed E-state index contributed by atoms with van der Waals surface area (Å²) in [6.07, 6.45) is 3.02. The number of carboxylic acids is 1. The second kappa shape index (κ2) is 5.39. The van der Waals surface area contributed by atoms with Gasteiger partial charge in [-0.15, -0.1) is 11.3 Å². The predicted molar refractivity (Wildman–Crippen MR) is 68.8 cm³/mol. The van der Waals surface area contributed by atoms with Gasteiger partial charge in [0.1, 0.15) is 6.04 Å². The Bertz CT molecular complexity index is 458. The van der Waals surface area contributed by atoms with Crippen LogP contribution >= 0.6 is 11.3 Å². The number of thiophene rings is 1. The molecule has 2 rings (SSSR count). The maximum absolute atomic E-state index is 11.7. The molecule has 1 aliphatic carbocycles. The van der Waals surface area contributed by atoms with Gasteiger partial charge in [-0.3, -0.25) is 4.79 Å². The highest BCUT2D eigenvalue weighted by Crippen LogP contribution is 2.33. The zero-order valence-electron chi connectivity index (χ0n) is 10.1. The summed E-state index contributed by atoms with van der Waals surface area (Å²) in [5, 5.41) is 16.0. The Morgan fingerprint density at radius 3 is 3.06 bits per heavy atom. The van der Waals surface area contributed by atoms with Crippen molar-refractivity contribution in [1.82, 2.24) is 10.6 Å². The van der Waals surface area contributed by atoms with Crippen LogP contribution in [0, 0.1) is 0 Å². The fourth-order valence-electron chi connectivity index (χ4n) is 2.09. The van der Waals surface area contributed by atoms with Gasteiger partial charge in [0.25, 0.3) is 0 Å². The first-order valence-electron chi connectivity index (χ1n) is 5.94. The summed E-state index contributed by atoms with van der Waals surface area (Å²) < 4.78 is 0. The van der Waals surface area contributed by atoms with E-state index in [9.17, 15) is 9.59 Å². The molecule has 2 amide bonds. The molecule has 0 aromatic carbocycles. The van der Waals surface area contributed by atoms with Crippen molar-refractivity contribution in [2.24, 2.45) is 0 Å². The van der Waals surface area contributed by atoms with E-state index in [1.807, 2.05) is 11.4 Å². The number of aliphatic carboxylic acids is 1. The number of hydrogen-bond acceptors (Lipinski definition) is 3. The van der Waals surface area contributed by atoms with Crippen LogP contribution in [0.4, 0.5) is 4.79 Å². The highest BCUT2D eigenvalue weighted by Gasteiger charge is 2.23. The van der Waals surface area contributed by atoms with Crippen molar-refractivity contribution in [2.75, 3.05) is 0 Å². The highest BCUT2D eigenvalue weighted by atomic mass is 32.1. The van der Waals surface area contributed by atoms with E-state index < -0.39 is 18.0 Å². The number of carbonyl (C=O) groups excluding carboxylic acids is 1. The van der Waals surface area contributed by atoms with Crippen LogP contribution in [0.25, 0.3) is 0 Å². The van der Waals surface area contributed by atoms with Gasteiger partial charge in [0.2, 0.25) is 0 Å². The van der Waals surface area contributed by atoms with Gasteiger partial charge < -0.3 is 15.7 Å². The van der Waals surface area contributed by atoms with Crippen LogP contribution in [0.2, 0.25) is 0 Å². The molecule has 0 spiro atoms. The van der Waals surface area contributed by atoms with Crippen LogP contribution in [-0.4, -0.2) is 23.1 Å². The first-order chi connectivity index (χ1) is 8.58. The lowest BCUT2D eigenvalue weighted by atomic mass is 9.94. The minimum atomic E-state index is -1.04. The zero-order valence-corrected chi connectivity index (χ0v) is 10.9. The lowest BCUT2D eigenvalue weighted by Crippen LogP contribution is -2.45. The van der Waals surface area contributed by atoms with E-state index in [2.05, 4.69) is 10.6 Å². The van der Waals surface area contributed by atoms with E-state index in [4.69, 9.17) is 5.11 Å². The Kier molecular flexibility index (Phi) is 3.86. The minimum Gasteiger partial charge on any atom is -0.480 e. The molecule has 1 aliphatic rings. The van der Waals surface area contributed by atoms with Crippen molar-refractivity contribution in [1.29, 1.82) is 0 Å². The van der Waals surface area contributed by atoms with Gasteiger partial charge in [-0.2, -0.15) is 0 Å². The van der Waals surface area contributed by atoms with Crippen molar-refractivity contribution in [3.05, 3.63) is 21.9 Å². The van der Waals surface area contributed by atoms with Crippen LogP contribution < -0.4 is 10.6 Å². The molecule has 0 aliphatic heterocycles. The van der Waals surface area contributed by atoms with Crippen LogP contribution in [0.1, 0.15) is 36.2 Å². The number of amides is 2. The molecule has 1 unspecified atom stereocenters. The molecule has 6 heteroatoms. The first kappa shape index (κ1) is 12.9. The second-order valence-corrected chi connectivity index (χ2v) is 5.42. The molecule has 0 radical (unpaired) electrons. The fourth-order valence-corrected chi connectivity index (χ4v) is 3.08. The molecular weight excluding hydrogens is 252 g/mol. The van der Waals surface area contributed by atoms with Gasteiger partial charge in [-0.1, -0.05) is 0 Å². The Labute approximate surface area is 109 Å². The zero-order chi connectivity index (χ0) is 13.1. The molecule has 1 aromatic rings. The number of aryl methyl sites for hydroxylation is 1. The van der Waals surface area contributed by atoms with E-state index >= 15 is 0 Å². The standard InChI is InChI=1S/C12H16N2O3S/c1-7(11(15)16)13-12(17)14-9-3-2-4-10-8(9)5-6-18-10/h5-7,9H,2-4H2,1H3,(H,15,16)(H2,13,14,17)/t7-,9?/m0/s1. The molecule has 98 valence electrons. The summed E-state index contributed by atoms with van der Waals surface area (Å²) in [6.45, 7) is 1.44. The van der Waals surface area contributed by atoms with Gasteiger partial charge in [0, 0.05) is 4.88 Å². The molecule has 1 aromatic heterocycles. The Morgan fingerprint density at radius 2 is 2.33 bits per heavy atom. The van der Waals surface area contributed by atoms with Crippen molar-refractivity contribution in [2.45, 2.75) is 38.3 Å². The van der Waals surface area contributed by atoms with Crippen molar-refractivity contribution >= 4 is 23.3 Å². The summed E-state index contributed by atoms with van der Waals surface area (Å²) in [5.74, 6) is -1.04. The van der Waals surface area contributed by atoms with Gasteiger partial charge >= 0.3 is 12.0 Å². The molecule has 3 N–H and O–H groups in total. The number of rotatable bonds is 3. The van der Waals surface area contributed by atoms with Crippen molar-refractivity contribution < 1.29 is 14.7 Å². The molecule has 1 heterocycles. The SMILES string of the molecule is C[C@H](NC(=O)NC1CCCc2sccc21)C(=O)O. The molecule has 5 nitrogen and oxygen atoms in total. The van der Waals surface area contributed by atoms with E-state index in [1.165, 1.54) is 17.4 Å². The van der Waals surface area contributed by atoms with Gasteiger partial charge in [-0.25, -0.2) is 4.79 Å². The quantitative estimate of drug-likeness (QED) is 0.783. The van der Waals surface area contributed by atoms with E-state index in [1.54, 1.807) is 11.3 Å². The summed E-state index contributed by atoms with van der Waals surface area (Å²) >= 11 is 1.71. The number of nitrogens with one attached hydrogen (secondary N) is 2. The molecule has 18 heavy (non-hydrogen) atoms. The number of carbonyl (C=O) groups is 2. The fraction of sp³-hybridized carbons (Fsp3) is 0.500. The predicted octanol–water partition coefficient (Wildman–Crippen LogP) is 1.90. The maximum Gasteiger partial charge on any atom is 0.325 e. The van der Waals surface area contributed by atoms with Crippen LogP contribution in [0.3, 0.4) is 0 Å². The number of urea groups is 1. The molecule has 0 saturated heterocycles. The number of fused-ring (bicyclic) bond motifs is 1. The second-order valence-electron chi connectivity index (χ2n) is 4.42. The van der Waals surface area contributed by atoms with E-state index in [-0.39, 0.29) is 6.04 Å². The van der Waals surface area contributed by atoms with E-state index in [0.29, 0.717) is 0 Å². The average Bonchev–Trinajstić information content (AvgIpc) is 2.77. The summed E-state index contributed by atoms with van der Waals surface area (Å²) in [4.78, 5) is 23.6. The molecular formula is C12H16N2O3S. The van der Waals surface area contributed by atoms with Crippen molar-refractivity contribution in [3.63, 3.8) is 0 Å². The Morgan fingerprint density at radius 1 is 1.56 bits per heavy atom. The lowest BCUT2D eigenvalue weighted by Gasteiger charge is -2.24. The van der Waals surface area contributed by atoms with Crippen molar-refractivity contribution in [3.8, 4) is 0 Å². The van der Waals surface area contributed by atoms with Gasteiger partial charge in [-0.05, 0) is 43.2 Å². The monoisotopic (exact) mass is 268 g/mol.